The van der Waals surface area contributed by atoms with Crippen LogP contribution in [0.25, 0.3) is 22.4 Å². The van der Waals surface area contributed by atoms with Crippen molar-refractivity contribution in [3.05, 3.63) is 69.1 Å². The van der Waals surface area contributed by atoms with Crippen LogP contribution in [0, 0.1) is 6.92 Å². The zero-order valence-corrected chi connectivity index (χ0v) is 19.6. The molecule has 0 saturated heterocycles. The number of carbonyl (C=O) groups excluding carboxylic acids is 1. The number of esters is 1. The number of imidazole rings is 1. The third-order valence-electron chi connectivity index (χ3n) is 5.48. The lowest BCUT2D eigenvalue weighted by atomic mass is 10.0. The molecule has 0 fully saturated rings. The van der Waals surface area contributed by atoms with Gasteiger partial charge in [-0.15, -0.1) is 0 Å². The summed E-state index contributed by atoms with van der Waals surface area (Å²) in [5.74, 6) is -0.0972. The largest absolute Gasteiger partial charge is 0.464 e. The SMILES string of the molecule is COC(=O)c1nc(Cl)ccc1N[C@H](C)c1cc(C)cc2c(=O)n(C)c(-c3cncn3C)nc12. The molecule has 0 aliphatic carbocycles. The molecule has 33 heavy (non-hydrogen) atoms. The number of hydrogen-bond donors (Lipinski definition) is 1. The first-order valence-corrected chi connectivity index (χ1v) is 10.6. The Hall–Kier alpha value is -3.72. The van der Waals surface area contributed by atoms with Crippen molar-refractivity contribution in [2.24, 2.45) is 14.1 Å². The molecule has 1 aromatic carbocycles. The molecule has 170 valence electrons. The number of rotatable bonds is 5. The Morgan fingerprint density at radius 1 is 1.21 bits per heavy atom. The number of aromatic nitrogens is 5. The molecule has 4 rings (SSSR count). The van der Waals surface area contributed by atoms with E-state index >= 15 is 0 Å². The third kappa shape index (κ3) is 4.07. The van der Waals surface area contributed by atoms with Gasteiger partial charge in [0.15, 0.2) is 11.5 Å². The number of aryl methyl sites for hydroxylation is 2. The molecule has 3 aromatic heterocycles. The highest BCUT2D eigenvalue weighted by Crippen LogP contribution is 2.29. The summed E-state index contributed by atoms with van der Waals surface area (Å²) >= 11 is 5.98. The van der Waals surface area contributed by atoms with Crippen LogP contribution in [0.5, 0.6) is 0 Å². The normalized spacial score (nSPS) is 12.1. The topological polar surface area (TPSA) is 104 Å². The Kier molecular flexibility index (Phi) is 5.90. The van der Waals surface area contributed by atoms with Crippen LogP contribution in [0.1, 0.15) is 34.6 Å². The number of ether oxygens (including phenoxy) is 1. The Balaban J connectivity index is 1.88. The van der Waals surface area contributed by atoms with E-state index in [0.29, 0.717) is 22.4 Å². The number of fused-ring (bicyclic) bond motifs is 1. The van der Waals surface area contributed by atoms with Crippen LogP contribution in [-0.4, -0.2) is 37.2 Å². The molecule has 0 unspecified atom stereocenters. The van der Waals surface area contributed by atoms with Crippen molar-refractivity contribution < 1.29 is 9.53 Å². The van der Waals surface area contributed by atoms with E-state index in [9.17, 15) is 9.59 Å². The van der Waals surface area contributed by atoms with E-state index in [0.717, 1.165) is 16.8 Å². The van der Waals surface area contributed by atoms with Gasteiger partial charge in [0.2, 0.25) is 0 Å². The van der Waals surface area contributed by atoms with Crippen LogP contribution in [0.3, 0.4) is 0 Å². The number of halogens is 1. The van der Waals surface area contributed by atoms with E-state index in [1.165, 1.54) is 11.7 Å². The van der Waals surface area contributed by atoms with Crippen molar-refractivity contribution >= 4 is 34.2 Å². The van der Waals surface area contributed by atoms with Crippen molar-refractivity contribution in [3.63, 3.8) is 0 Å². The smallest absolute Gasteiger partial charge is 0.358 e. The fourth-order valence-corrected chi connectivity index (χ4v) is 3.95. The Labute approximate surface area is 195 Å². The maximum atomic E-state index is 13.2. The van der Waals surface area contributed by atoms with Crippen LogP contribution >= 0.6 is 11.6 Å². The fraction of sp³-hybridized carbons (Fsp3) is 0.261. The van der Waals surface area contributed by atoms with Gasteiger partial charge in [-0.2, -0.15) is 0 Å². The van der Waals surface area contributed by atoms with Gasteiger partial charge in [0.1, 0.15) is 10.8 Å². The van der Waals surface area contributed by atoms with Crippen molar-refractivity contribution in [2.75, 3.05) is 12.4 Å². The molecule has 3 heterocycles. The first-order chi connectivity index (χ1) is 15.7. The average Bonchev–Trinajstić information content (AvgIpc) is 3.22. The summed E-state index contributed by atoms with van der Waals surface area (Å²) in [6.07, 6.45) is 3.33. The first kappa shape index (κ1) is 22.5. The molecule has 1 atom stereocenters. The lowest BCUT2D eigenvalue weighted by Crippen LogP contribution is -2.22. The predicted molar refractivity (Wildman–Crippen MR) is 127 cm³/mol. The standard InChI is InChI=1S/C23H23ClN6O3/c1-12-8-14(13(2)26-16-6-7-18(24)27-20(16)23(32)33-5)19-15(9-12)22(31)30(4)21(28-19)17-10-25-11-29(17)3/h6-11,13,26H,1-5H3/t13-/m1/s1. The lowest BCUT2D eigenvalue weighted by molar-refractivity contribution is 0.0595. The van der Waals surface area contributed by atoms with Gasteiger partial charge in [-0.25, -0.2) is 19.7 Å². The number of hydrogen-bond acceptors (Lipinski definition) is 7. The molecule has 9 nitrogen and oxygen atoms in total. The molecular weight excluding hydrogens is 444 g/mol. The zero-order valence-electron chi connectivity index (χ0n) is 18.9. The highest BCUT2D eigenvalue weighted by molar-refractivity contribution is 6.29. The quantitative estimate of drug-likeness (QED) is 0.353. The molecule has 0 bridgehead atoms. The monoisotopic (exact) mass is 466 g/mol. The Morgan fingerprint density at radius 3 is 2.64 bits per heavy atom. The van der Waals surface area contributed by atoms with E-state index in [4.69, 9.17) is 21.3 Å². The molecule has 0 aliphatic rings. The minimum atomic E-state index is -0.605. The van der Waals surface area contributed by atoms with E-state index in [-0.39, 0.29) is 22.4 Å². The van der Waals surface area contributed by atoms with Gasteiger partial charge >= 0.3 is 5.97 Å². The minimum absolute atomic E-state index is 0.0771. The average molecular weight is 467 g/mol. The van der Waals surface area contributed by atoms with Crippen LogP contribution in [0.4, 0.5) is 5.69 Å². The summed E-state index contributed by atoms with van der Waals surface area (Å²) in [5, 5.41) is 3.99. The fourth-order valence-electron chi connectivity index (χ4n) is 3.80. The summed E-state index contributed by atoms with van der Waals surface area (Å²) in [6, 6.07) is 6.74. The predicted octanol–water partition coefficient (Wildman–Crippen LogP) is 3.65. The molecule has 0 radical (unpaired) electrons. The second-order valence-electron chi connectivity index (χ2n) is 7.83. The van der Waals surface area contributed by atoms with Crippen molar-refractivity contribution in [1.82, 2.24) is 24.1 Å². The minimum Gasteiger partial charge on any atom is -0.464 e. The number of methoxy groups -OCH3 is 1. The number of anilines is 1. The van der Waals surface area contributed by atoms with Gasteiger partial charge in [0, 0.05) is 19.7 Å². The number of nitrogens with one attached hydrogen (secondary N) is 1. The maximum absolute atomic E-state index is 13.2. The molecule has 4 aromatic rings. The van der Waals surface area contributed by atoms with E-state index in [1.54, 1.807) is 31.7 Å². The summed E-state index contributed by atoms with van der Waals surface area (Å²) in [7, 11) is 4.83. The zero-order chi connectivity index (χ0) is 23.9. The van der Waals surface area contributed by atoms with Gasteiger partial charge in [0.25, 0.3) is 5.56 Å². The molecule has 0 aliphatic heterocycles. The lowest BCUT2D eigenvalue weighted by Gasteiger charge is -2.20. The number of carbonyl (C=O) groups is 1. The molecule has 0 amide bonds. The van der Waals surface area contributed by atoms with Gasteiger partial charge < -0.3 is 14.6 Å². The second-order valence-corrected chi connectivity index (χ2v) is 8.21. The van der Waals surface area contributed by atoms with Crippen LogP contribution in [-0.2, 0) is 18.8 Å². The highest BCUT2D eigenvalue weighted by atomic mass is 35.5. The first-order valence-electron chi connectivity index (χ1n) is 10.2. The van der Waals surface area contributed by atoms with Gasteiger partial charge in [-0.05, 0) is 37.6 Å². The third-order valence-corrected chi connectivity index (χ3v) is 5.69. The van der Waals surface area contributed by atoms with Crippen LogP contribution in [0.15, 0.2) is 41.6 Å². The van der Waals surface area contributed by atoms with Crippen molar-refractivity contribution in [1.29, 1.82) is 0 Å². The Morgan fingerprint density at radius 2 is 1.97 bits per heavy atom. The number of nitrogens with zero attached hydrogens (tertiary/aromatic N) is 5. The van der Waals surface area contributed by atoms with Gasteiger partial charge in [-0.1, -0.05) is 17.7 Å². The van der Waals surface area contributed by atoms with Crippen LogP contribution in [0.2, 0.25) is 5.15 Å². The van der Waals surface area contributed by atoms with Crippen LogP contribution < -0.4 is 10.9 Å². The summed E-state index contributed by atoms with van der Waals surface area (Å²) in [6.45, 7) is 3.85. The van der Waals surface area contributed by atoms with Crippen molar-refractivity contribution in [3.8, 4) is 11.5 Å². The molecule has 10 heteroatoms. The number of benzene rings is 1. The van der Waals surface area contributed by atoms with Gasteiger partial charge in [0.05, 0.1) is 42.3 Å². The molecule has 1 N–H and O–H groups in total. The summed E-state index contributed by atoms with van der Waals surface area (Å²) < 4.78 is 8.18. The van der Waals surface area contributed by atoms with E-state index < -0.39 is 5.97 Å². The summed E-state index contributed by atoms with van der Waals surface area (Å²) in [5.41, 5.74) is 3.40. The second kappa shape index (κ2) is 8.67. The van der Waals surface area contributed by atoms with Gasteiger partial charge in [-0.3, -0.25) is 9.36 Å². The highest BCUT2D eigenvalue weighted by Gasteiger charge is 2.21. The molecule has 0 spiro atoms. The Bertz CT molecular complexity index is 1440. The maximum Gasteiger partial charge on any atom is 0.358 e. The van der Waals surface area contributed by atoms with E-state index in [1.807, 2.05) is 37.6 Å². The number of pyridine rings is 1. The van der Waals surface area contributed by atoms with Crippen molar-refractivity contribution in [2.45, 2.75) is 19.9 Å². The molecule has 0 saturated carbocycles. The summed E-state index contributed by atoms with van der Waals surface area (Å²) in [4.78, 5) is 38.6. The molecular formula is C23H23ClN6O3. The van der Waals surface area contributed by atoms with E-state index in [2.05, 4.69) is 15.3 Å².